The predicted molar refractivity (Wildman–Crippen MR) is 120 cm³/mol. The van der Waals surface area contributed by atoms with Crippen LogP contribution in [0.25, 0.3) is 10.2 Å². The molecule has 0 fully saturated rings. The van der Waals surface area contributed by atoms with E-state index in [0.29, 0.717) is 13.0 Å². The zero-order valence-corrected chi connectivity index (χ0v) is 17.1. The molecule has 146 valence electrons. The van der Waals surface area contributed by atoms with Crippen molar-refractivity contribution in [3.8, 4) is 0 Å². The fourth-order valence-corrected chi connectivity index (χ4v) is 4.56. The first kappa shape index (κ1) is 19.3. The number of fused-ring (bicyclic) bond motifs is 1. The third-order valence-electron chi connectivity index (χ3n) is 5.02. The van der Waals surface area contributed by atoms with Gasteiger partial charge in [0.25, 0.3) is 0 Å². The first-order valence-electron chi connectivity index (χ1n) is 10.0. The van der Waals surface area contributed by atoms with Gasteiger partial charge in [-0.2, -0.15) is 0 Å². The van der Waals surface area contributed by atoms with Crippen molar-refractivity contribution < 1.29 is 4.79 Å². The van der Waals surface area contributed by atoms with Gasteiger partial charge in [-0.15, -0.1) is 11.3 Å². The number of nitrogens with zero attached hydrogens (tertiary/aromatic N) is 1. The highest BCUT2D eigenvalue weighted by molar-refractivity contribution is 7.18. The van der Waals surface area contributed by atoms with E-state index in [2.05, 4.69) is 40.6 Å². The summed E-state index contributed by atoms with van der Waals surface area (Å²) in [5.41, 5.74) is 3.40. The van der Waals surface area contributed by atoms with Crippen molar-refractivity contribution in [1.82, 2.24) is 10.3 Å². The van der Waals surface area contributed by atoms with Crippen LogP contribution >= 0.6 is 11.3 Å². The zero-order valence-electron chi connectivity index (χ0n) is 16.3. The summed E-state index contributed by atoms with van der Waals surface area (Å²) in [6, 6.07) is 28.7. The standard InChI is InChI=1S/C25H24N2OS/c28-24(26-17-9-16-25-27-22-14-7-8-15-23(22)29-25)18-21(19-10-3-1-4-11-19)20-12-5-2-6-13-20/h1-8,10-15,21H,9,16-18H2,(H,26,28). The highest BCUT2D eigenvalue weighted by atomic mass is 32.1. The topological polar surface area (TPSA) is 42.0 Å². The highest BCUT2D eigenvalue weighted by Gasteiger charge is 2.17. The van der Waals surface area contributed by atoms with E-state index in [1.165, 1.54) is 15.8 Å². The minimum atomic E-state index is 0.0710. The molecule has 0 bridgehead atoms. The number of hydrogen-bond donors (Lipinski definition) is 1. The fraction of sp³-hybridized carbons (Fsp3) is 0.200. The normalized spacial score (nSPS) is 11.1. The summed E-state index contributed by atoms with van der Waals surface area (Å²) in [5, 5.41) is 4.23. The van der Waals surface area contributed by atoms with E-state index >= 15 is 0 Å². The number of rotatable bonds is 8. The van der Waals surface area contributed by atoms with Crippen LogP contribution in [0.5, 0.6) is 0 Å². The Morgan fingerprint density at radius 2 is 1.48 bits per heavy atom. The maximum absolute atomic E-state index is 12.6. The smallest absolute Gasteiger partial charge is 0.220 e. The van der Waals surface area contributed by atoms with E-state index in [1.54, 1.807) is 11.3 Å². The summed E-state index contributed by atoms with van der Waals surface area (Å²) in [7, 11) is 0. The third-order valence-corrected chi connectivity index (χ3v) is 6.12. The molecule has 0 aliphatic heterocycles. The van der Waals surface area contributed by atoms with Crippen molar-refractivity contribution in [1.29, 1.82) is 0 Å². The van der Waals surface area contributed by atoms with Crippen molar-refractivity contribution in [3.63, 3.8) is 0 Å². The maximum Gasteiger partial charge on any atom is 0.220 e. The second-order valence-corrected chi connectivity index (χ2v) is 8.22. The summed E-state index contributed by atoms with van der Waals surface area (Å²) in [6.07, 6.45) is 2.24. The van der Waals surface area contributed by atoms with Gasteiger partial charge in [0, 0.05) is 25.3 Å². The van der Waals surface area contributed by atoms with Crippen molar-refractivity contribution in [2.75, 3.05) is 6.54 Å². The van der Waals surface area contributed by atoms with Crippen LogP contribution in [-0.2, 0) is 11.2 Å². The first-order valence-corrected chi connectivity index (χ1v) is 10.8. The number of benzene rings is 3. The number of amides is 1. The predicted octanol–water partition coefficient (Wildman–Crippen LogP) is 5.57. The number of nitrogens with one attached hydrogen (secondary N) is 1. The number of thiazole rings is 1. The molecule has 0 saturated heterocycles. The van der Waals surface area contributed by atoms with Crippen LogP contribution in [0.2, 0.25) is 0 Å². The maximum atomic E-state index is 12.6. The molecular weight excluding hydrogens is 376 g/mol. The molecule has 4 aromatic rings. The van der Waals surface area contributed by atoms with Gasteiger partial charge >= 0.3 is 0 Å². The van der Waals surface area contributed by atoms with Crippen LogP contribution in [-0.4, -0.2) is 17.4 Å². The summed E-state index contributed by atoms with van der Waals surface area (Å²) < 4.78 is 1.22. The molecule has 0 aliphatic carbocycles. The van der Waals surface area contributed by atoms with Crippen LogP contribution < -0.4 is 5.32 Å². The molecule has 1 heterocycles. The molecule has 4 rings (SSSR count). The second kappa shape index (κ2) is 9.48. The number of carbonyl (C=O) groups excluding carboxylic acids is 1. The van der Waals surface area contributed by atoms with Gasteiger partial charge in [-0.3, -0.25) is 4.79 Å². The van der Waals surface area contributed by atoms with Crippen molar-refractivity contribution in [2.24, 2.45) is 0 Å². The fourth-order valence-electron chi connectivity index (χ4n) is 3.55. The first-order chi connectivity index (χ1) is 14.3. The Kier molecular flexibility index (Phi) is 6.32. The number of aryl methyl sites for hydroxylation is 1. The Hall–Kier alpha value is -2.98. The van der Waals surface area contributed by atoms with Gasteiger partial charge < -0.3 is 5.32 Å². The Labute approximate surface area is 175 Å². The van der Waals surface area contributed by atoms with E-state index in [9.17, 15) is 4.79 Å². The van der Waals surface area contributed by atoms with Gasteiger partial charge in [-0.05, 0) is 29.7 Å². The molecular formula is C25H24N2OS. The molecule has 3 aromatic carbocycles. The average molecular weight is 401 g/mol. The molecule has 0 saturated carbocycles. The Balaban J connectivity index is 1.32. The lowest BCUT2D eigenvalue weighted by Crippen LogP contribution is -2.26. The van der Waals surface area contributed by atoms with Crippen LogP contribution in [0.4, 0.5) is 0 Å². The van der Waals surface area contributed by atoms with Gasteiger partial charge in [0.2, 0.25) is 5.91 Å². The van der Waals surface area contributed by atoms with Crippen LogP contribution in [0.15, 0.2) is 84.9 Å². The summed E-state index contributed by atoms with van der Waals surface area (Å²) in [4.78, 5) is 17.3. The molecule has 1 N–H and O–H groups in total. The third kappa shape index (κ3) is 5.09. The van der Waals surface area contributed by atoms with Gasteiger partial charge in [0.05, 0.1) is 15.2 Å². The Morgan fingerprint density at radius 1 is 0.862 bits per heavy atom. The van der Waals surface area contributed by atoms with E-state index in [-0.39, 0.29) is 11.8 Å². The molecule has 1 amide bonds. The van der Waals surface area contributed by atoms with Crippen molar-refractivity contribution in [2.45, 2.75) is 25.2 Å². The lowest BCUT2D eigenvalue weighted by molar-refractivity contribution is -0.121. The number of hydrogen-bond acceptors (Lipinski definition) is 3. The zero-order chi connectivity index (χ0) is 19.9. The monoisotopic (exact) mass is 400 g/mol. The number of para-hydroxylation sites is 1. The molecule has 0 spiro atoms. The minimum absolute atomic E-state index is 0.0710. The number of carbonyl (C=O) groups is 1. The van der Waals surface area contributed by atoms with E-state index in [4.69, 9.17) is 0 Å². The van der Waals surface area contributed by atoms with E-state index in [0.717, 1.165) is 23.4 Å². The van der Waals surface area contributed by atoms with Crippen molar-refractivity contribution >= 4 is 27.5 Å². The summed E-state index contributed by atoms with van der Waals surface area (Å²) in [5.74, 6) is 0.161. The highest BCUT2D eigenvalue weighted by Crippen LogP contribution is 2.27. The Bertz CT molecular complexity index is 987. The lowest BCUT2D eigenvalue weighted by atomic mass is 9.88. The minimum Gasteiger partial charge on any atom is -0.356 e. The molecule has 0 aliphatic rings. The molecule has 0 unspecified atom stereocenters. The lowest BCUT2D eigenvalue weighted by Gasteiger charge is -2.18. The largest absolute Gasteiger partial charge is 0.356 e. The average Bonchev–Trinajstić information content (AvgIpc) is 3.19. The molecule has 3 nitrogen and oxygen atoms in total. The molecule has 0 radical (unpaired) electrons. The van der Waals surface area contributed by atoms with E-state index < -0.39 is 0 Å². The second-order valence-electron chi connectivity index (χ2n) is 7.11. The Morgan fingerprint density at radius 3 is 2.14 bits per heavy atom. The van der Waals surface area contributed by atoms with Gasteiger partial charge in [0.1, 0.15) is 0 Å². The van der Waals surface area contributed by atoms with Crippen LogP contribution in [0, 0.1) is 0 Å². The van der Waals surface area contributed by atoms with Crippen LogP contribution in [0.1, 0.15) is 34.9 Å². The van der Waals surface area contributed by atoms with E-state index in [1.807, 2.05) is 54.6 Å². The molecule has 0 atom stereocenters. The van der Waals surface area contributed by atoms with Gasteiger partial charge in [-0.25, -0.2) is 4.98 Å². The number of aromatic nitrogens is 1. The molecule has 1 aromatic heterocycles. The SMILES string of the molecule is O=C(CC(c1ccccc1)c1ccccc1)NCCCc1nc2ccccc2s1. The summed E-state index contributed by atoms with van der Waals surface area (Å²) in [6.45, 7) is 0.672. The molecule has 29 heavy (non-hydrogen) atoms. The summed E-state index contributed by atoms with van der Waals surface area (Å²) >= 11 is 1.74. The van der Waals surface area contributed by atoms with Gasteiger partial charge in [-0.1, -0.05) is 72.8 Å². The molecule has 4 heteroatoms. The van der Waals surface area contributed by atoms with Gasteiger partial charge in [0.15, 0.2) is 0 Å². The van der Waals surface area contributed by atoms with Crippen molar-refractivity contribution in [3.05, 3.63) is 101 Å². The quantitative estimate of drug-likeness (QED) is 0.393. The van der Waals surface area contributed by atoms with Crippen LogP contribution in [0.3, 0.4) is 0 Å².